The Morgan fingerprint density at radius 2 is 2.11 bits per heavy atom. The van der Waals surface area contributed by atoms with Crippen LogP contribution in [0, 0.1) is 0 Å². The molecule has 1 rings (SSSR count). The molecule has 7 heteroatoms. The third-order valence-electron chi connectivity index (χ3n) is 1.77. The maximum Gasteiger partial charge on any atom is 0.573 e. The molecular formula is C11H8F3O4-. The molecule has 0 aliphatic rings. The van der Waals surface area contributed by atoms with E-state index in [2.05, 4.69) is 11.3 Å². The Bertz CT molecular complexity index is 454. The van der Waals surface area contributed by atoms with Crippen molar-refractivity contribution in [3.8, 4) is 11.5 Å². The second kappa shape index (κ2) is 5.44. The highest BCUT2D eigenvalue weighted by molar-refractivity contribution is 5.90. The van der Waals surface area contributed by atoms with Gasteiger partial charge in [0.25, 0.3) is 0 Å². The molecule has 0 aliphatic carbocycles. The van der Waals surface area contributed by atoms with E-state index >= 15 is 0 Å². The summed E-state index contributed by atoms with van der Waals surface area (Å²) in [7, 11) is 0. The Hall–Kier alpha value is -2.18. The fourth-order valence-electron chi connectivity index (χ4n) is 1.17. The highest BCUT2D eigenvalue weighted by Crippen LogP contribution is 2.34. The number of alkyl halides is 3. The number of aromatic carboxylic acids is 1. The lowest BCUT2D eigenvalue weighted by Crippen LogP contribution is -2.24. The highest BCUT2D eigenvalue weighted by Gasteiger charge is 2.33. The van der Waals surface area contributed by atoms with Crippen molar-refractivity contribution in [1.82, 2.24) is 0 Å². The van der Waals surface area contributed by atoms with Crippen LogP contribution in [-0.2, 0) is 0 Å². The van der Waals surface area contributed by atoms with Crippen molar-refractivity contribution in [2.24, 2.45) is 0 Å². The molecule has 0 heterocycles. The van der Waals surface area contributed by atoms with Crippen molar-refractivity contribution in [1.29, 1.82) is 0 Å². The summed E-state index contributed by atoms with van der Waals surface area (Å²) in [6.07, 6.45) is -3.69. The van der Waals surface area contributed by atoms with Gasteiger partial charge >= 0.3 is 6.36 Å². The molecule has 0 fully saturated rings. The summed E-state index contributed by atoms with van der Waals surface area (Å²) in [5.74, 6) is -2.96. The minimum Gasteiger partial charge on any atom is -0.545 e. The van der Waals surface area contributed by atoms with E-state index in [4.69, 9.17) is 4.74 Å². The second-order valence-corrected chi connectivity index (χ2v) is 3.07. The largest absolute Gasteiger partial charge is 0.573 e. The average molecular weight is 261 g/mol. The van der Waals surface area contributed by atoms with Crippen LogP contribution in [0.15, 0.2) is 30.9 Å². The number of carboxylic acids is 1. The minimum absolute atomic E-state index is 0.168. The van der Waals surface area contributed by atoms with E-state index in [9.17, 15) is 23.1 Å². The van der Waals surface area contributed by atoms with Crippen LogP contribution >= 0.6 is 0 Å². The van der Waals surface area contributed by atoms with Gasteiger partial charge in [0.1, 0.15) is 6.61 Å². The summed E-state index contributed by atoms with van der Waals surface area (Å²) < 4.78 is 44.9. The summed E-state index contributed by atoms with van der Waals surface area (Å²) in [4.78, 5) is 10.7. The molecule has 18 heavy (non-hydrogen) atoms. The molecule has 0 amide bonds. The number of halogens is 3. The van der Waals surface area contributed by atoms with Crippen LogP contribution in [-0.4, -0.2) is 18.9 Å². The van der Waals surface area contributed by atoms with Crippen molar-refractivity contribution in [3.63, 3.8) is 0 Å². The average Bonchev–Trinajstić information content (AvgIpc) is 2.24. The zero-order chi connectivity index (χ0) is 13.8. The van der Waals surface area contributed by atoms with Crippen molar-refractivity contribution >= 4 is 5.97 Å². The molecule has 0 spiro atoms. The third-order valence-corrected chi connectivity index (χ3v) is 1.77. The fraction of sp³-hybridized carbons (Fsp3) is 0.182. The van der Waals surface area contributed by atoms with Gasteiger partial charge in [0.2, 0.25) is 0 Å². The molecule has 98 valence electrons. The number of benzene rings is 1. The van der Waals surface area contributed by atoms with E-state index in [1.165, 1.54) is 6.08 Å². The van der Waals surface area contributed by atoms with Gasteiger partial charge in [-0.05, 0) is 12.1 Å². The molecule has 1 aromatic rings. The fourth-order valence-corrected chi connectivity index (χ4v) is 1.17. The Balaban J connectivity index is 3.18. The SMILES string of the molecule is C=CCOc1c(OC(F)(F)F)cccc1C(=O)[O-]. The Labute approximate surface area is 100 Å². The normalized spacial score (nSPS) is 10.8. The molecule has 0 atom stereocenters. The van der Waals surface area contributed by atoms with Crippen LogP contribution < -0.4 is 14.6 Å². The zero-order valence-electron chi connectivity index (χ0n) is 8.99. The van der Waals surface area contributed by atoms with Gasteiger partial charge in [-0.25, -0.2) is 0 Å². The Morgan fingerprint density at radius 3 is 2.61 bits per heavy atom. The molecular weight excluding hydrogens is 253 g/mol. The molecule has 0 bridgehead atoms. The second-order valence-electron chi connectivity index (χ2n) is 3.07. The predicted octanol–water partition coefficient (Wildman–Crippen LogP) is 1.51. The number of ether oxygens (including phenoxy) is 2. The van der Waals surface area contributed by atoms with E-state index in [1.54, 1.807) is 0 Å². The molecule has 1 aromatic carbocycles. The number of carbonyl (C=O) groups is 1. The van der Waals surface area contributed by atoms with Gasteiger partial charge in [-0.2, -0.15) is 0 Å². The first-order valence-corrected chi connectivity index (χ1v) is 4.69. The van der Waals surface area contributed by atoms with E-state index in [0.29, 0.717) is 0 Å². The van der Waals surface area contributed by atoms with E-state index < -0.39 is 29.4 Å². The van der Waals surface area contributed by atoms with E-state index in [1.807, 2.05) is 0 Å². The monoisotopic (exact) mass is 261 g/mol. The van der Waals surface area contributed by atoms with Crippen LogP contribution in [0.1, 0.15) is 10.4 Å². The smallest absolute Gasteiger partial charge is 0.545 e. The number of para-hydroxylation sites is 1. The van der Waals surface area contributed by atoms with Gasteiger partial charge < -0.3 is 19.4 Å². The molecule has 4 nitrogen and oxygen atoms in total. The maximum atomic E-state index is 12.1. The summed E-state index contributed by atoms with van der Waals surface area (Å²) in [6.45, 7) is 3.14. The lowest BCUT2D eigenvalue weighted by Gasteiger charge is -2.16. The molecule has 0 radical (unpaired) electrons. The number of hydrogen-bond donors (Lipinski definition) is 0. The standard InChI is InChI=1S/C11H9F3O4/c1-2-6-17-9-7(10(15)16)4-3-5-8(9)18-11(12,13)14/h2-5H,1,6H2,(H,15,16)/p-1. The van der Waals surface area contributed by atoms with Gasteiger partial charge in [0, 0.05) is 5.56 Å². The molecule has 0 saturated heterocycles. The lowest BCUT2D eigenvalue weighted by atomic mass is 10.2. The number of rotatable bonds is 5. The van der Waals surface area contributed by atoms with Crippen molar-refractivity contribution in [2.45, 2.75) is 6.36 Å². The first kappa shape index (κ1) is 13.9. The molecule has 0 unspecified atom stereocenters. The summed E-state index contributed by atoms with van der Waals surface area (Å²) in [5, 5.41) is 10.7. The zero-order valence-corrected chi connectivity index (χ0v) is 8.99. The van der Waals surface area contributed by atoms with Crippen molar-refractivity contribution in [3.05, 3.63) is 36.4 Å². The number of carboxylic acid groups (broad SMARTS) is 1. The van der Waals surface area contributed by atoms with E-state index in [-0.39, 0.29) is 6.61 Å². The van der Waals surface area contributed by atoms with Crippen LogP contribution in [0.25, 0.3) is 0 Å². The maximum absolute atomic E-state index is 12.1. The van der Waals surface area contributed by atoms with Crippen LogP contribution in [0.4, 0.5) is 13.2 Å². The highest BCUT2D eigenvalue weighted by atomic mass is 19.4. The Morgan fingerprint density at radius 1 is 1.44 bits per heavy atom. The minimum atomic E-state index is -4.95. The van der Waals surface area contributed by atoms with Crippen molar-refractivity contribution < 1.29 is 32.5 Å². The molecule has 0 aliphatic heterocycles. The molecule has 0 N–H and O–H groups in total. The van der Waals surface area contributed by atoms with Crippen molar-refractivity contribution in [2.75, 3.05) is 6.61 Å². The van der Waals surface area contributed by atoms with E-state index in [0.717, 1.165) is 18.2 Å². The number of hydrogen-bond acceptors (Lipinski definition) is 4. The van der Waals surface area contributed by atoms with Gasteiger partial charge in [-0.3, -0.25) is 0 Å². The van der Waals surface area contributed by atoms with Crippen LogP contribution in [0.3, 0.4) is 0 Å². The molecule has 0 saturated carbocycles. The summed E-state index contributed by atoms with van der Waals surface area (Å²) in [6, 6.07) is 3.09. The Kier molecular flexibility index (Phi) is 4.19. The van der Waals surface area contributed by atoms with Gasteiger partial charge in [0.05, 0.1) is 5.97 Å². The van der Waals surface area contributed by atoms with Gasteiger partial charge in [0.15, 0.2) is 11.5 Å². The van der Waals surface area contributed by atoms with Gasteiger partial charge in [-0.15, -0.1) is 13.2 Å². The summed E-state index contributed by atoms with van der Waals surface area (Å²) in [5.41, 5.74) is -0.529. The topological polar surface area (TPSA) is 58.6 Å². The van der Waals surface area contributed by atoms with Gasteiger partial charge in [-0.1, -0.05) is 18.7 Å². The third kappa shape index (κ3) is 3.69. The lowest BCUT2D eigenvalue weighted by molar-refractivity contribution is -0.275. The first-order valence-electron chi connectivity index (χ1n) is 4.69. The summed E-state index contributed by atoms with van der Waals surface area (Å²) >= 11 is 0. The first-order chi connectivity index (χ1) is 8.35. The quantitative estimate of drug-likeness (QED) is 0.754. The van der Waals surface area contributed by atoms with Crippen LogP contribution in [0.5, 0.6) is 11.5 Å². The molecule has 0 aromatic heterocycles. The number of carbonyl (C=O) groups excluding carboxylic acids is 1. The predicted molar refractivity (Wildman–Crippen MR) is 53.1 cm³/mol. The van der Waals surface area contributed by atoms with Crippen LogP contribution in [0.2, 0.25) is 0 Å².